The first kappa shape index (κ1) is 28.1. The summed E-state index contributed by atoms with van der Waals surface area (Å²) in [5.41, 5.74) is 4.41. The first-order valence-corrected chi connectivity index (χ1v) is 12.8. The van der Waals surface area contributed by atoms with E-state index < -0.39 is 6.04 Å². The second-order valence-corrected chi connectivity index (χ2v) is 9.32. The Hall–Kier alpha value is -3.15. The van der Waals surface area contributed by atoms with Crippen molar-refractivity contribution < 1.29 is 14.4 Å². The van der Waals surface area contributed by atoms with E-state index in [2.05, 4.69) is 41.9 Å². The van der Waals surface area contributed by atoms with Gasteiger partial charge in [0.2, 0.25) is 17.7 Å². The Morgan fingerprint density at radius 1 is 0.686 bits per heavy atom. The molecule has 190 valence electrons. The predicted molar refractivity (Wildman–Crippen MR) is 141 cm³/mol. The molecule has 1 atom stereocenters. The van der Waals surface area contributed by atoms with E-state index in [1.165, 1.54) is 11.1 Å². The highest BCUT2D eigenvalue weighted by Gasteiger charge is 2.21. The Morgan fingerprint density at radius 3 is 1.66 bits per heavy atom. The van der Waals surface area contributed by atoms with Crippen molar-refractivity contribution in [2.24, 2.45) is 0 Å². The summed E-state index contributed by atoms with van der Waals surface area (Å²) in [5, 5.41) is 8.75. The van der Waals surface area contributed by atoms with Gasteiger partial charge in [-0.2, -0.15) is 0 Å². The molecule has 2 aromatic carbocycles. The molecular formula is C29H41N3O3. The molecule has 0 spiro atoms. The van der Waals surface area contributed by atoms with Crippen LogP contribution in [-0.4, -0.2) is 36.3 Å². The summed E-state index contributed by atoms with van der Waals surface area (Å²) in [6.45, 7) is 8.54. The number of hydrogen-bond acceptors (Lipinski definition) is 3. The molecule has 3 amide bonds. The van der Waals surface area contributed by atoms with Crippen LogP contribution in [0.3, 0.4) is 0 Å². The first-order chi connectivity index (χ1) is 16.8. The van der Waals surface area contributed by atoms with Gasteiger partial charge >= 0.3 is 0 Å². The van der Waals surface area contributed by atoms with Crippen molar-refractivity contribution in [3.63, 3.8) is 0 Å². The summed E-state index contributed by atoms with van der Waals surface area (Å²) in [4.78, 5) is 37.5. The Kier molecular flexibility index (Phi) is 12.0. The van der Waals surface area contributed by atoms with Crippen molar-refractivity contribution in [1.29, 1.82) is 0 Å². The minimum atomic E-state index is -0.590. The SMILES string of the molecule is CCc1ccc(CC(=O)NCCCCC(NC(=O)Cc2ccc(CC)cc2)C(=O)NC(C)C)cc1. The largest absolute Gasteiger partial charge is 0.356 e. The van der Waals surface area contributed by atoms with Crippen molar-refractivity contribution in [3.05, 3.63) is 70.8 Å². The standard InChI is InChI=1S/C29H41N3O3/c1-5-22-10-14-24(15-11-22)19-27(33)30-18-8-7-9-26(29(35)31-21(3)4)32-28(34)20-25-16-12-23(6-2)13-17-25/h10-17,21,26H,5-9,18-20H2,1-4H3,(H,30,33)(H,31,35)(H,32,34). The average Bonchev–Trinajstić information content (AvgIpc) is 2.83. The lowest BCUT2D eigenvalue weighted by Gasteiger charge is -2.20. The monoisotopic (exact) mass is 479 g/mol. The lowest BCUT2D eigenvalue weighted by Crippen LogP contribution is -2.49. The van der Waals surface area contributed by atoms with Crippen LogP contribution in [0.1, 0.15) is 69.2 Å². The molecule has 3 N–H and O–H groups in total. The second-order valence-electron chi connectivity index (χ2n) is 9.32. The van der Waals surface area contributed by atoms with Crippen molar-refractivity contribution in [2.75, 3.05) is 6.54 Å². The fourth-order valence-electron chi connectivity index (χ4n) is 3.82. The molecule has 0 radical (unpaired) electrons. The fourth-order valence-corrected chi connectivity index (χ4v) is 3.82. The molecule has 0 heterocycles. The van der Waals surface area contributed by atoms with E-state index in [1.54, 1.807) is 0 Å². The van der Waals surface area contributed by atoms with Gasteiger partial charge in [0.15, 0.2) is 0 Å². The number of amides is 3. The van der Waals surface area contributed by atoms with Gasteiger partial charge in [-0.05, 0) is 68.2 Å². The van der Waals surface area contributed by atoms with E-state index in [1.807, 2.05) is 50.2 Å². The first-order valence-electron chi connectivity index (χ1n) is 12.8. The number of carbonyl (C=O) groups excluding carboxylic acids is 3. The lowest BCUT2D eigenvalue weighted by molar-refractivity contribution is -0.129. The van der Waals surface area contributed by atoms with Gasteiger partial charge in [0.1, 0.15) is 6.04 Å². The molecule has 0 fully saturated rings. The molecule has 1 unspecified atom stereocenters. The number of aryl methyl sites for hydroxylation is 2. The van der Waals surface area contributed by atoms with Crippen LogP contribution >= 0.6 is 0 Å². The zero-order chi connectivity index (χ0) is 25.6. The molecule has 2 aromatic rings. The molecule has 0 aliphatic rings. The molecule has 0 aromatic heterocycles. The zero-order valence-corrected chi connectivity index (χ0v) is 21.7. The van der Waals surface area contributed by atoms with Gasteiger partial charge in [0, 0.05) is 12.6 Å². The maximum absolute atomic E-state index is 12.7. The minimum Gasteiger partial charge on any atom is -0.356 e. The van der Waals surface area contributed by atoms with Crippen LogP contribution in [0.5, 0.6) is 0 Å². The third-order valence-electron chi connectivity index (χ3n) is 5.92. The van der Waals surface area contributed by atoms with Crippen molar-refractivity contribution >= 4 is 17.7 Å². The number of benzene rings is 2. The van der Waals surface area contributed by atoms with Crippen LogP contribution in [0.2, 0.25) is 0 Å². The highest BCUT2D eigenvalue weighted by molar-refractivity contribution is 5.88. The molecule has 0 aliphatic carbocycles. The van der Waals surface area contributed by atoms with Gasteiger partial charge in [-0.1, -0.05) is 62.4 Å². The third kappa shape index (κ3) is 10.8. The Labute approximate surface area is 210 Å². The number of hydrogen-bond donors (Lipinski definition) is 3. The van der Waals surface area contributed by atoms with Gasteiger partial charge < -0.3 is 16.0 Å². The van der Waals surface area contributed by atoms with Crippen LogP contribution in [-0.2, 0) is 40.1 Å². The molecule has 6 heteroatoms. The zero-order valence-electron chi connectivity index (χ0n) is 21.7. The van der Waals surface area contributed by atoms with E-state index >= 15 is 0 Å². The van der Waals surface area contributed by atoms with Gasteiger partial charge in [0.05, 0.1) is 12.8 Å². The van der Waals surface area contributed by atoms with Gasteiger partial charge in [-0.25, -0.2) is 0 Å². The Bertz CT molecular complexity index is 937. The number of carbonyl (C=O) groups is 3. The maximum Gasteiger partial charge on any atom is 0.242 e. The molecular weight excluding hydrogens is 438 g/mol. The molecule has 0 saturated carbocycles. The number of rotatable bonds is 14. The van der Waals surface area contributed by atoms with Crippen LogP contribution in [0, 0.1) is 0 Å². The maximum atomic E-state index is 12.7. The van der Waals surface area contributed by atoms with Gasteiger partial charge in [-0.3, -0.25) is 14.4 Å². The summed E-state index contributed by atoms with van der Waals surface area (Å²) in [7, 11) is 0. The minimum absolute atomic E-state index is 0.00540. The summed E-state index contributed by atoms with van der Waals surface area (Å²) in [6.07, 6.45) is 4.51. The quantitative estimate of drug-likeness (QED) is 0.359. The van der Waals surface area contributed by atoms with Gasteiger partial charge in [-0.15, -0.1) is 0 Å². The van der Waals surface area contributed by atoms with Gasteiger partial charge in [0.25, 0.3) is 0 Å². The molecule has 6 nitrogen and oxygen atoms in total. The number of unbranched alkanes of at least 4 members (excludes halogenated alkanes) is 1. The fraction of sp³-hybridized carbons (Fsp3) is 0.483. The van der Waals surface area contributed by atoms with E-state index in [4.69, 9.17) is 0 Å². The number of nitrogens with one attached hydrogen (secondary N) is 3. The summed E-state index contributed by atoms with van der Waals surface area (Å²) < 4.78 is 0. The highest BCUT2D eigenvalue weighted by atomic mass is 16.2. The van der Waals surface area contributed by atoms with E-state index in [0.717, 1.165) is 30.4 Å². The van der Waals surface area contributed by atoms with Crippen LogP contribution in [0.4, 0.5) is 0 Å². The molecule has 0 aliphatic heterocycles. The summed E-state index contributed by atoms with van der Waals surface area (Å²) in [6, 6.07) is 15.5. The van der Waals surface area contributed by atoms with Crippen LogP contribution in [0.25, 0.3) is 0 Å². The normalized spacial score (nSPS) is 11.7. The second kappa shape index (κ2) is 15.0. The van der Waals surface area contributed by atoms with E-state index in [9.17, 15) is 14.4 Å². The van der Waals surface area contributed by atoms with E-state index in [0.29, 0.717) is 25.8 Å². The predicted octanol–water partition coefficient (Wildman–Crippen LogP) is 3.89. The third-order valence-corrected chi connectivity index (χ3v) is 5.92. The molecule has 0 bridgehead atoms. The van der Waals surface area contributed by atoms with Crippen LogP contribution in [0.15, 0.2) is 48.5 Å². The van der Waals surface area contributed by atoms with E-state index in [-0.39, 0.29) is 30.2 Å². The molecule has 2 rings (SSSR count). The van der Waals surface area contributed by atoms with Crippen molar-refractivity contribution in [1.82, 2.24) is 16.0 Å². The molecule has 0 saturated heterocycles. The Morgan fingerprint density at radius 2 is 1.17 bits per heavy atom. The van der Waals surface area contributed by atoms with Crippen molar-refractivity contribution in [2.45, 2.75) is 84.7 Å². The molecule has 35 heavy (non-hydrogen) atoms. The lowest BCUT2D eigenvalue weighted by atomic mass is 10.1. The van der Waals surface area contributed by atoms with Crippen LogP contribution < -0.4 is 16.0 Å². The van der Waals surface area contributed by atoms with Crippen molar-refractivity contribution in [3.8, 4) is 0 Å². The smallest absolute Gasteiger partial charge is 0.242 e. The summed E-state index contributed by atoms with van der Waals surface area (Å²) >= 11 is 0. The Balaban J connectivity index is 1.78. The summed E-state index contributed by atoms with van der Waals surface area (Å²) in [5.74, 6) is -0.347. The average molecular weight is 480 g/mol. The topological polar surface area (TPSA) is 87.3 Å². The highest BCUT2D eigenvalue weighted by Crippen LogP contribution is 2.08.